The Morgan fingerprint density at radius 2 is 1.74 bits per heavy atom. The van der Waals surface area contributed by atoms with Gasteiger partial charge in [0.2, 0.25) is 0 Å². The molecule has 9 heteroatoms. The van der Waals surface area contributed by atoms with E-state index in [0.29, 0.717) is 39.6 Å². The number of benzene rings is 1. The largest absolute Gasteiger partial charge is 0.490 e. The number of halogens is 1. The number of methoxy groups -OCH3 is 2. The molecule has 1 aliphatic rings. The Kier molecular flexibility index (Phi) is 16.4. The van der Waals surface area contributed by atoms with E-state index in [4.69, 9.17) is 23.7 Å². The van der Waals surface area contributed by atoms with Gasteiger partial charge in [0.05, 0.1) is 26.4 Å². The highest BCUT2D eigenvalue weighted by molar-refractivity contribution is 14.0. The molecular weight excluding hydrogens is 513 g/mol. The molecule has 0 saturated heterocycles. The maximum absolute atomic E-state index is 5.79. The van der Waals surface area contributed by atoms with Gasteiger partial charge < -0.3 is 34.3 Å². The zero-order valence-corrected chi connectivity index (χ0v) is 21.2. The van der Waals surface area contributed by atoms with Crippen molar-refractivity contribution in [3.63, 3.8) is 0 Å². The third-order valence-corrected chi connectivity index (χ3v) is 4.48. The number of fused-ring (bicyclic) bond motifs is 1. The summed E-state index contributed by atoms with van der Waals surface area (Å²) >= 11 is 0. The smallest absolute Gasteiger partial charge is 0.195 e. The molecule has 178 valence electrons. The van der Waals surface area contributed by atoms with Crippen LogP contribution in [-0.2, 0) is 14.2 Å². The number of hydrogen-bond donors (Lipinski definition) is 2. The summed E-state index contributed by atoms with van der Waals surface area (Å²) in [4.78, 5) is 4.69. The van der Waals surface area contributed by atoms with E-state index in [-0.39, 0.29) is 24.0 Å². The fourth-order valence-corrected chi connectivity index (χ4v) is 2.87. The average molecular weight is 551 g/mol. The van der Waals surface area contributed by atoms with Gasteiger partial charge in [-0.1, -0.05) is 0 Å². The highest BCUT2D eigenvalue weighted by atomic mass is 127. The number of rotatable bonds is 14. The van der Waals surface area contributed by atoms with Gasteiger partial charge in [0.15, 0.2) is 17.5 Å². The number of nitrogens with zero attached hydrogens (tertiary/aromatic N) is 1. The van der Waals surface area contributed by atoms with Gasteiger partial charge in [0.25, 0.3) is 0 Å². The quantitative estimate of drug-likeness (QED) is 0.158. The highest BCUT2D eigenvalue weighted by Crippen LogP contribution is 2.32. The number of aliphatic imine (C=N–C) groups is 1. The van der Waals surface area contributed by atoms with Crippen molar-refractivity contribution in [2.45, 2.75) is 32.1 Å². The van der Waals surface area contributed by atoms with Crippen LogP contribution in [0.5, 0.6) is 11.5 Å². The molecule has 0 bridgehead atoms. The molecule has 0 aliphatic carbocycles. The van der Waals surface area contributed by atoms with E-state index in [0.717, 1.165) is 68.4 Å². The molecule has 0 atom stereocenters. The maximum atomic E-state index is 5.79. The van der Waals surface area contributed by atoms with E-state index < -0.39 is 0 Å². The molecule has 8 nitrogen and oxygen atoms in total. The van der Waals surface area contributed by atoms with Crippen molar-refractivity contribution in [3.8, 4) is 11.5 Å². The van der Waals surface area contributed by atoms with Crippen molar-refractivity contribution in [2.75, 3.05) is 72.3 Å². The summed E-state index contributed by atoms with van der Waals surface area (Å²) in [6, 6.07) is 5.89. The summed E-state index contributed by atoms with van der Waals surface area (Å²) in [6.07, 6.45) is 4.99. The third-order valence-electron chi connectivity index (χ3n) is 4.48. The van der Waals surface area contributed by atoms with E-state index in [2.05, 4.69) is 15.6 Å². The number of ether oxygens (including phenoxy) is 5. The van der Waals surface area contributed by atoms with Crippen molar-refractivity contribution in [1.29, 1.82) is 0 Å². The van der Waals surface area contributed by atoms with Crippen molar-refractivity contribution in [3.05, 3.63) is 18.2 Å². The summed E-state index contributed by atoms with van der Waals surface area (Å²) in [5.41, 5.74) is 0.918. The molecule has 0 unspecified atom stereocenters. The molecule has 0 radical (unpaired) electrons. The van der Waals surface area contributed by atoms with Crippen LogP contribution >= 0.6 is 24.0 Å². The van der Waals surface area contributed by atoms with Crippen LogP contribution in [0.2, 0.25) is 0 Å². The Morgan fingerprint density at radius 1 is 0.935 bits per heavy atom. The van der Waals surface area contributed by atoms with Gasteiger partial charge in [-0.05, 0) is 37.8 Å². The van der Waals surface area contributed by atoms with E-state index in [1.807, 2.05) is 18.2 Å². The lowest BCUT2D eigenvalue weighted by Gasteiger charge is -2.15. The Bertz CT molecular complexity index is 619. The molecule has 0 saturated carbocycles. The molecule has 31 heavy (non-hydrogen) atoms. The van der Waals surface area contributed by atoms with Gasteiger partial charge in [-0.3, -0.25) is 4.99 Å². The zero-order chi connectivity index (χ0) is 21.3. The fourth-order valence-electron chi connectivity index (χ4n) is 2.87. The number of nitrogens with one attached hydrogen (secondary N) is 2. The predicted octanol–water partition coefficient (Wildman–Crippen LogP) is 3.69. The van der Waals surface area contributed by atoms with Crippen LogP contribution in [0.25, 0.3) is 0 Å². The second-order valence-electron chi connectivity index (χ2n) is 7.01. The van der Waals surface area contributed by atoms with E-state index in [1.54, 1.807) is 14.2 Å². The van der Waals surface area contributed by atoms with Gasteiger partial charge in [0, 0.05) is 58.7 Å². The summed E-state index contributed by atoms with van der Waals surface area (Å²) in [7, 11) is 3.41. The van der Waals surface area contributed by atoms with Crippen molar-refractivity contribution in [1.82, 2.24) is 5.32 Å². The first-order valence-corrected chi connectivity index (χ1v) is 10.8. The van der Waals surface area contributed by atoms with Gasteiger partial charge >= 0.3 is 0 Å². The number of guanidine groups is 1. The van der Waals surface area contributed by atoms with Crippen LogP contribution in [0.15, 0.2) is 23.2 Å². The van der Waals surface area contributed by atoms with Crippen LogP contribution in [0.4, 0.5) is 5.69 Å². The minimum atomic E-state index is 0. The lowest BCUT2D eigenvalue weighted by Crippen LogP contribution is -2.32. The van der Waals surface area contributed by atoms with Crippen LogP contribution < -0.4 is 20.1 Å². The van der Waals surface area contributed by atoms with Crippen LogP contribution in [0, 0.1) is 0 Å². The Labute approximate surface area is 203 Å². The van der Waals surface area contributed by atoms with Crippen LogP contribution in [0.3, 0.4) is 0 Å². The van der Waals surface area contributed by atoms with Crippen LogP contribution in [-0.4, -0.2) is 72.9 Å². The summed E-state index contributed by atoms with van der Waals surface area (Å²) in [6.45, 7) is 5.58. The lowest BCUT2D eigenvalue weighted by molar-refractivity contribution is 0.0702. The second kappa shape index (κ2) is 18.3. The standard InChI is InChI=1S/C22H37N3O5.HI/c1-26-12-5-3-4-10-23-22(24-11-6-13-28-17-16-27-2)25-19-8-9-20-21(18-19)30-15-7-14-29-20;/h8-9,18H,3-7,10-17H2,1-2H3,(H2,23,24,25);1H. The summed E-state index contributed by atoms with van der Waals surface area (Å²) in [5, 5.41) is 6.79. The molecule has 1 aromatic carbocycles. The highest BCUT2D eigenvalue weighted by Gasteiger charge is 2.11. The lowest BCUT2D eigenvalue weighted by atomic mass is 10.2. The first kappa shape index (κ1) is 27.7. The minimum Gasteiger partial charge on any atom is -0.490 e. The number of hydrogen-bond acceptors (Lipinski definition) is 6. The second-order valence-corrected chi connectivity index (χ2v) is 7.01. The molecule has 0 fully saturated rings. The summed E-state index contributed by atoms with van der Waals surface area (Å²) < 4.78 is 27.1. The van der Waals surface area contributed by atoms with Crippen molar-refractivity contribution >= 4 is 35.6 Å². The van der Waals surface area contributed by atoms with Crippen molar-refractivity contribution in [2.24, 2.45) is 4.99 Å². The fraction of sp³-hybridized carbons (Fsp3) is 0.682. The molecule has 0 spiro atoms. The third kappa shape index (κ3) is 12.4. The van der Waals surface area contributed by atoms with Crippen LogP contribution in [0.1, 0.15) is 32.1 Å². The van der Waals surface area contributed by atoms with Gasteiger partial charge in [-0.15, -0.1) is 24.0 Å². The van der Waals surface area contributed by atoms with E-state index >= 15 is 0 Å². The minimum absolute atomic E-state index is 0. The zero-order valence-electron chi connectivity index (χ0n) is 18.8. The maximum Gasteiger partial charge on any atom is 0.195 e. The molecular formula is C22H38IN3O5. The van der Waals surface area contributed by atoms with E-state index in [1.165, 1.54) is 0 Å². The number of unbranched alkanes of at least 4 members (excludes halogenated alkanes) is 2. The van der Waals surface area contributed by atoms with Gasteiger partial charge in [-0.25, -0.2) is 0 Å². The van der Waals surface area contributed by atoms with Gasteiger partial charge in [-0.2, -0.15) is 0 Å². The van der Waals surface area contributed by atoms with Crippen molar-refractivity contribution < 1.29 is 23.7 Å². The number of anilines is 1. The topological polar surface area (TPSA) is 82.6 Å². The molecule has 0 aromatic heterocycles. The Morgan fingerprint density at radius 3 is 2.55 bits per heavy atom. The predicted molar refractivity (Wildman–Crippen MR) is 134 cm³/mol. The molecule has 2 rings (SSSR count). The molecule has 0 amide bonds. The van der Waals surface area contributed by atoms with E-state index in [9.17, 15) is 0 Å². The molecule has 2 N–H and O–H groups in total. The molecule has 1 heterocycles. The Balaban J connectivity index is 0.00000480. The summed E-state index contributed by atoms with van der Waals surface area (Å²) in [5.74, 6) is 2.31. The first-order chi connectivity index (χ1) is 14.8. The molecule has 1 aromatic rings. The normalized spacial score (nSPS) is 13.3. The first-order valence-electron chi connectivity index (χ1n) is 10.8. The van der Waals surface area contributed by atoms with Gasteiger partial charge in [0.1, 0.15) is 0 Å². The molecule has 1 aliphatic heterocycles. The Hall–Kier alpha value is -1.30. The monoisotopic (exact) mass is 551 g/mol. The SMILES string of the molecule is COCCCCCNC(=NCCCOCCOC)Nc1ccc2c(c1)OCCCO2.I. The average Bonchev–Trinajstić information content (AvgIpc) is 3.00.